The number of piperidine rings is 1. The number of hydrogen-bond donors (Lipinski definition) is 1. The Morgan fingerprint density at radius 2 is 1.73 bits per heavy atom. The van der Waals surface area contributed by atoms with E-state index in [1.54, 1.807) is 13.8 Å². The maximum Gasteiger partial charge on any atom is 0.219 e. The van der Waals surface area contributed by atoms with Gasteiger partial charge < -0.3 is 14.9 Å². The number of aliphatic hydroxyl groups is 1. The highest BCUT2D eigenvalue weighted by Gasteiger charge is 2.26. The van der Waals surface area contributed by atoms with Crippen LogP contribution in [0.1, 0.15) is 85.6 Å². The molecule has 4 nitrogen and oxygen atoms in total. The molecule has 1 unspecified atom stereocenters. The molecule has 0 radical (unpaired) electrons. The van der Waals surface area contributed by atoms with E-state index in [-0.39, 0.29) is 5.91 Å². The van der Waals surface area contributed by atoms with Crippen LogP contribution in [-0.2, 0) is 11.2 Å². The molecule has 0 saturated carbocycles. The van der Waals surface area contributed by atoms with E-state index in [1.807, 2.05) is 42.5 Å². The topological polar surface area (TPSA) is 43.8 Å². The van der Waals surface area contributed by atoms with Crippen LogP contribution in [0.3, 0.4) is 0 Å². The normalized spacial score (nSPS) is 17.8. The lowest BCUT2D eigenvalue weighted by molar-refractivity contribution is -0.131. The summed E-state index contributed by atoms with van der Waals surface area (Å²) >= 11 is 0. The van der Waals surface area contributed by atoms with Crippen molar-refractivity contribution in [1.82, 2.24) is 9.80 Å². The molecule has 1 atom stereocenters. The summed E-state index contributed by atoms with van der Waals surface area (Å²) in [4.78, 5) is 17.0. The van der Waals surface area contributed by atoms with Gasteiger partial charge in [-0.25, -0.2) is 0 Å². The second-order valence-electron chi connectivity index (χ2n) is 11.8. The van der Waals surface area contributed by atoms with Crippen molar-refractivity contribution in [2.75, 3.05) is 26.2 Å². The molecule has 1 aromatic carbocycles. The predicted molar refractivity (Wildman–Crippen MR) is 188 cm³/mol. The fourth-order valence-electron chi connectivity index (χ4n) is 5.28. The highest BCUT2D eigenvalue weighted by atomic mass is 16.3. The quantitative estimate of drug-likeness (QED) is 0.322. The second kappa shape index (κ2) is 20.5. The van der Waals surface area contributed by atoms with Gasteiger partial charge in [-0.05, 0) is 74.8 Å². The van der Waals surface area contributed by atoms with Gasteiger partial charge in [0, 0.05) is 38.2 Å². The average molecular weight is 597 g/mol. The van der Waals surface area contributed by atoms with Gasteiger partial charge in [-0.1, -0.05) is 125 Å². The number of allylic oxidation sites excluding steroid dienone is 9. The van der Waals surface area contributed by atoms with E-state index in [1.165, 1.54) is 24.0 Å². The Kier molecular flexibility index (Phi) is 17.2. The van der Waals surface area contributed by atoms with Crippen LogP contribution in [0, 0.1) is 11.8 Å². The van der Waals surface area contributed by atoms with Crippen molar-refractivity contribution >= 4 is 5.91 Å². The lowest BCUT2D eigenvalue weighted by Gasteiger charge is -2.38. The van der Waals surface area contributed by atoms with Crippen molar-refractivity contribution in [2.24, 2.45) is 0 Å². The number of aryl methyl sites for hydroxylation is 1. The Morgan fingerprint density at radius 3 is 2.34 bits per heavy atom. The SMILES string of the molecule is CCC.CCCN1CCC(N(CC2=CC=CC(C#CC(C)(O)C3=CCC=CC=C3)=CC2)C(C)=O)CC1.CCc1ccccc1. The fraction of sp³-hybridized carbons (Fsp3) is 0.475. The van der Waals surface area contributed by atoms with Crippen LogP contribution in [0.25, 0.3) is 0 Å². The second-order valence-corrected chi connectivity index (χ2v) is 11.8. The fourth-order valence-corrected chi connectivity index (χ4v) is 5.28. The number of benzene rings is 1. The smallest absolute Gasteiger partial charge is 0.219 e. The number of nitrogens with zero attached hydrogens (tertiary/aromatic N) is 2. The third-order valence-electron chi connectivity index (χ3n) is 7.77. The van der Waals surface area contributed by atoms with Gasteiger partial charge in [0.1, 0.15) is 5.60 Å². The van der Waals surface area contributed by atoms with Gasteiger partial charge in [0.2, 0.25) is 5.91 Å². The minimum absolute atomic E-state index is 0.150. The van der Waals surface area contributed by atoms with E-state index in [2.05, 4.69) is 91.8 Å². The molecule has 3 aliphatic rings. The molecule has 2 aliphatic carbocycles. The number of carbonyl (C=O) groups is 1. The number of hydrogen-bond acceptors (Lipinski definition) is 3. The van der Waals surface area contributed by atoms with Gasteiger partial charge in [0.05, 0.1) is 0 Å². The first-order valence-electron chi connectivity index (χ1n) is 16.6. The first-order valence-corrected chi connectivity index (χ1v) is 16.6. The summed E-state index contributed by atoms with van der Waals surface area (Å²) in [5.41, 5.74) is 3.13. The van der Waals surface area contributed by atoms with E-state index in [0.29, 0.717) is 12.6 Å². The van der Waals surface area contributed by atoms with Crippen LogP contribution in [-0.4, -0.2) is 58.6 Å². The van der Waals surface area contributed by atoms with Crippen molar-refractivity contribution < 1.29 is 9.90 Å². The Hall–Kier alpha value is -3.39. The molecule has 44 heavy (non-hydrogen) atoms. The summed E-state index contributed by atoms with van der Waals surface area (Å²) in [7, 11) is 0. The molecule has 1 heterocycles. The van der Waals surface area contributed by atoms with Crippen LogP contribution >= 0.6 is 0 Å². The van der Waals surface area contributed by atoms with E-state index in [9.17, 15) is 9.90 Å². The van der Waals surface area contributed by atoms with Crippen molar-refractivity contribution in [1.29, 1.82) is 0 Å². The van der Waals surface area contributed by atoms with Gasteiger partial charge in [-0.15, -0.1) is 0 Å². The van der Waals surface area contributed by atoms with Gasteiger partial charge in [-0.2, -0.15) is 0 Å². The van der Waals surface area contributed by atoms with Gasteiger partial charge in [-0.3, -0.25) is 4.79 Å². The van der Waals surface area contributed by atoms with Gasteiger partial charge in [0.25, 0.3) is 0 Å². The van der Waals surface area contributed by atoms with Crippen LogP contribution in [0.4, 0.5) is 0 Å². The molecule has 0 bridgehead atoms. The molecule has 1 amide bonds. The maximum atomic E-state index is 12.4. The summed E-state index contributed by atoms with van der Waals surface area (Å²) < 4.78 is 0. The standard InChI is InChI=1S/C29H38N2O2.C8H10.C3H8/c1-4-20-30-21-17-28(18-22-30)31(24(2)32)23-26-11-9-10-25(14-15-26)16-19-29(3,33)27-12-7-5-6-8-13-27;1-2-8-6-4-3-5-7-8;1-3-2/h5-7,9-14,28,33H,4,8,15,17-18,20-23H2,1-3H3;3-7H,2H2,1H3;3H2,1-2H3. The molecule has 1 N–H and O–H groups in total. The largest absolute Gasteiger partial charge is 0.374 e. The molecule has 0 aromatic heterocycles. The molecule has 1 aliphatic heterocycles. The van der Waals surface area contributed by atoms with Crippen molar-refractivity contribution in [3.8, 4) is 11.8 Å². The minimum atomic E-state index is -1.20. The van der Waals surface area contributed by atoms with Crippen LogP contribution < -0.4 is 0 Å². The monoisotopic (exact) mass is 596 g/mol. The van der Waals surface area contributed by atoms with Crippen molar-refractivity contribution in [3.05, 3.63) is 107 Å². The van der Waals surface area contributed by atoms with E-state index in [4.69, 9.17) is 0 Å². The Labute approximate surface area is 268 Å². The minimum Gasteiger partial charge on any atom is -0.374 e. The van der Waals surface area contributed by atoms with Crippen molar-refractivity contribution in [2.45, 2.75) is 98.1 Å². The predicted octanol–water partition coefficient (Wildman–Crippen LogP) is 8.38. The van der Waals surface area contributed by atoms with Crippen molar-refractivity contribution in [3.63, 3.8) is 0 Å². The Morgan fingerprint density at radius 1 is 1.02 bits per heavy atom. The Bertz CT molecular complexity index is 1240. The average Bonchev–Trinajstić information content (AvgIpc) is 3.45. The molecule has 1 saturated heterocycles. The lowest BCUT2D eigenvalue weighted by atomic mass is 9.95. The van der Waals surface area contributed by atoms with Gasteiger partial charge >= 0.3 is 0 Å². The molecular weight excluding hydrogens is 540 g/mol. The highest BCUT2D eigenvalue weighted by Crippen LogP contribution is 2.22. The summed E-state index contributed by atoms with van der Waals surface area (Å²) in [6, 6.07) is 10.8. The third kappa shape index (κ3) is 13.5. The van der Waals surface area contributed by atoms with E-state index in [0.717, 1.165) is 62.9 Å². The van der Waals surface area contributed by atoms with Crippen LogP contribution in [0.2, 0.25) is 0 Å². The summed E-state index contributed by atoms with van der Waals surface area (Å²) in [5, 5.41) is 10.9. The van der Waals surface area contributed by atoms with E-state index >= 15 is 0 Å². The number of likely N-dealkylation sites (tertiary alicyclic amines) is 1. The summed E-state index contributed by atoms with van der Waals surface area (Å²) in [6.45, 7) is 16.0. The zero-order valence-corrected chi connectivity index (χ0v) is 28.2. The molecule has 1 aromatic rings. The lowest BCUT2D eigenvalue weighted by Crippen LogP contribution is -2.47. The first kappa shape index (κ1) is 36.8. The van der Waals surface area contributed by atoms with Gasteiger partial charge in [0.15, 0.2) is 0 Å². The Balaban J connectivity index is 0.000000518. The number of carbonyl (C=O) groups excluding carboxylic acids is 1. The van der Waals surface area contributed by atoms with Crippen LogP contribution in [0.5, 0.6) is 0 Å². The maximum absolute atomic E-state index is 12.4. The molecule has 4 rings (SSSR count). The molecular formula is C40H56N2O2. The van der Waals surface area contributed by atoms with E-state index < -0.39 is 5.60 Å². The molecule has 0 spiro atoms. The highest BCUT2D eigenvalue weighted by molar-refractivity contribution is 5.74. The summed E-state index contributed by atoms with van der Waals surface area (Å²) in [5.74, 6) is 6.35. The zero-order valence-electron chi connectivity index (χ0n) is 28.2. The third-order valence-corrected chi connectivity index (χ3v) is 7.77. The summed E-state index contributed by atoms with van der Waals surface area (Å²) in [6.07, 6.45) is 25.3. The number of rotatable bonds is 7. The van der Waals surface area contributed by atoms with Crippen LogP contribution in [0.15, 0.2) is 102 Å². The zero-order chi connectivity index (χ0) is 32.2. The molecule has 1 fully saturated rings. The number of amides is 1. The molecule has 238 valence electrons. The molecule has 4 heteroatoms. The first-order chi connectivity index (χ1) is 21.2.